The van der Waals surface area contributed by atoms with Crippen LogP contribution in [0.1, 0.15) is 0 Å². The van der Waals surface area contributed by atoms with Crippen LogP contribution in [-0.2, 0) is 10.0 Å². The standard InChI is InChI=1S/C21H16BrN5O2S2/c22-15-9-11-16(12-10-15)27-31(28,29)18-8-4-7-17(13-18)25-26-20-19(24-21(23)30-20)14-5-2-1-3-6-14/h1-13,27H,(H2,23,24). The molecule has 0 fully saturated rings. The van der Waals surface area contributed by atoms with Crippen molar-refractivity contribution in [3.8, 4) is 11.3 Å². The van der Waals surface area contributed by atoms with Gasteiger partial charge in [-0.2, -0.15) is 0 Å². The number of nitrogens with two attached hydrogens (primary N) is 1. The SMILES string of the molecule is Nc1nc(-c2ccccc2)c(N=Nc2cccc(S(=O)(=O)Nc3ccc(Br)cc3)c2)s1. The van der Waals surface area contributed by atoms with Gasteiger partial charge in [0.1, 0.15) is 5.69 Å². The quantitative estimate of drug-likeness (QED) is 0.291. The van der Waals surface area contributed by atoms with Crippen LogP contribution in [0.4, 0.5) is 21.5 Å². The number of halogens is 1. The Morgan fingerprint density at radius 3 is 2.42 bits per heavy atom. The fraction of sp³-hybridized carbons (Fsp3) is 0. The van der Waals surface area contributed by atoms with Crippen molar-refractivity contribution < 1.29 is 8.42 Å². The summed E-state index contributed by atoms with van der Waals surface area (Å²) in [5.74, 6) is 0. The van der Waals surface area contributed by atoms with Gasteiger partial charge in [-0.1, -0.05) is 63.7 Å². The molecule has 0 bridgehead atoms. The number of hydrogen-bond donors (Lipinski definition) is 2. The summed E-state index contributed by atoms with van der Waals surface area (Å²) in [5.41, 5.74) is 8.23. The van der Waals surface area contributed by atoms with Gasteiger partial charge in [0.25, 0.3) is 10.0 Å². The van der Waals surface area contributed by atoms with Crippen molar-refractivity contribution in [3.63, 3.8) is 0 Å². The Balaban J connectivity index is 1.60. The Labute approximate surface area is 191 Å². The van der Waals surface area contributed by atoms with Crippen molar-refractivity contribution in [2.45, 2.75) is 4.90 Å². The summed E-state index contributed by atoms with van der Waals surface area (Å²) in [7, 11) is -3.78. The first-order chi connectivity index (χ1) is 14.9. The van der Waals surface area contributed by atoms with E-state index >= 15 is 0 Å². The number of benzene rings is 3. The largest absolute Gasteiger partial charge is 0.375 e. The minimum atomic E-state index is -3.78. The van der Waals surface area contributed by atoms with Gasteiger partial charge < -0.3 is 5.73 Å². The molecule has 31 heavy (non-hydrogen) atoms. The first-order valence-electron chi connectivity index (χ1n) is 9.03. The minimum absolute atomic E-state index is 0.0824. The van der Waals surface area contributed by atoms with Crippen LogP contribution >= 0.6 is 27.3 Å². The van der Waals surface area contributed by atoms with Crippen LogP contribution in [0.2, 0.25) is 0 Å². The smallest absolute Gasteiger partial charge is 0.261 e. The summed E-state index contributed by atoms with van der Waals surface area (Å²) in [5, 5.41) is 9.41. The molecule has 1 heterocycles. The summed E-state index contributed by atoms with van der Waals surface area (Å²) in [4.78, 5) is 4.42. The van der Waals surface area contributed by atoms with E-state index in [-0.39, 0.29) is 4.90 Å². The van der Waals surface area contributed by atoms with Crippen LogP contribution < -0.4 is 10.5 Å². The lowest BCUT2D eigenvalue weighted by molar-refractivity contribution is 0.601. The Hall–Kier alpha value is -3.08. The predicted octanol–water partition coefficient (Wildman–Crippen LogP) is 6.37. The number of nitrogens with one attached hydrogen (secondary N) is 1. The van der Waals surface area contributed by atoms with E-state index in [2.05, 4.69) is 35.9 Å². The molecular weight excluding hydrogens is 498 g/mol. The average molecular weight is 514 g/mol. The van der Waals surface area contributed by atoms with Gasteiger partial charge in [-0.25, -0.2) is 13.4 Å². The third-order valence-corrected chi connectivity index (χ3v) is 6.83. The molecule has 0 amide bonds. The molecule has 4 rings (SSSR count). The van der Waals surface area contributed by atoms with Gasteiger partial charge in [0, 0.05) is 15.7 Å². The molecule has 0 atom stereocenters. The van der Waals surface area contributed by atoms with Crippen molar-refractivity contribution in [2.75, 3.05) is 10.5 Å². The predicted molar refractivity (Wildman–Crippen MR) is 128 cm³/mol. The topological polar surface area (TPSA) is 110 Å². The molecule has 0 radical (unpaired) electrons. The van der Waals surface area contributed by atoms with Gasteiger partial charge in [-0.05, 0) is 42.5 Å². The number of anilines is 2. The van der Waals surface area contributed by atoms with Crippen LogP contribution in [0.5, 0.6) is 0 Å². The maximum atomic E-state index is 12.7. The van der Waals surface area contributed by atoms with Crippen LogP contribution in [-0.4, -0.2) is 13.4 Å². The van der Waals surface area contributed by atoms with Crippen LogP contribution in [0.15, 0.2) is 98.5 Å². The van der Waals surface area contributed by atoms with E-state index in [0.29, 0.717) is 27.2 Å². The van der Waals surface area contributed by atoms with E-state index < -0.39 is 10.0 Å². The first kappa shape index (κ1) is 21.2. The third-order valence-electron chi connectivity index (χ3n) is 4.15. The number of nitrogen functional groups attached to an aromatic ring is 1. The van der Waals surface area contributed by atoms with Crippen LogP contribution in [0, 0.1) is 0 Å². The Bertz CT molecular complexity index is 1340. The van der Waals surface area contributed by atoms with Gasteiger partial charge in [0.15, 0.2) is 10.1 Å². The van der Waals surface area contributed by atoms with Gasteiger partial charge in [-0.15, -0.1) is 10.2 Å². The Kier molecular flexibility index (Phi) is 6.12. The lowest BCUT2D eigenvalue weighted by Gasteiger charge is -2.08. The number of nitrogens with zero attached hydrogens (tertiary/aromatic N) is 3. The molecule has 0 aliphatic heterocycles. The van der Waals surface area contributed by atoms with Crippen molar-refractivity contribution in [1.82, 2.24) is 4.98 Å². The molecule has 3 N–H and O–H groups in total. The molecule has 0 aliphatic carbocycles. The molecule has 7 nitrogen and oxygen atoms in total. The highest BCUT2D eigenvalue weighted by molar-refractivity contribution is 9.10. The second-order valence-corrected chi connectivity index (χ2v) is 9.99. The molecule has 1 aromatic heterocycles. The molecule has 10 heteroatoms. The highest BCUT2D eigenvalue weighted by atomic mass is 79.9. The van der Waals surface area contributed by atoms with E-state index in [1.54, 1.807) is 36.4 Å². The van der Waals surface area contributed by atoms with E-state index in [1.807, 2.05) is 30.3 Å². The molecule has 0 unspecified atom stereocenters. The summed E-state index contributed by atoms with van der Waals surface area (Å²) >= 11 is 4.54. The first-order valence-corrected chi connectivity index (χ1v) is 12.1. The highest BCUT2D eigenvalue weighted by Gasteiger charge is 2.15. The molecule has 0 spiro atoms. The Morgan fingerprint density at radius 2 is 1.68 bits per heavy atom. The molecule has 0 aliphatic rings. The Morgan fingerprint density at radius 1 is 0.935 bits per heavy atom. The summed E-state index contributed by atoms with van der Waals surface area (Å²) in [6.45, 7) is 0. The van der Waals surface area contributed by atoms with E-state index in [0.717, 1.165) is 10.0 Å². The normalized spacial score (nSPS) is 11.6. The van der Waals surface area contributed by atoms with Gasteiger partial charge in [-0.3, -0.25) is 4.72 Å². The van der Waals surface area contributed by atoms with E-state index in [1.165, 1.54) is 23.5 Å². The number of sulfonamides is 1. The fourth-order valence-corrected chi connectivity index (χ4v) is 4.77. The minimum Gasteiger partial charge on any atom is -0.375 e. The third kappa shape index (κ3) is 5.16. The number of thiazole rings is 1. The molecule has 0 saturated carbocycles. The van der Waals surface area contributed by atoms with Crippen molar-refractivity contribution in [1.29, 1.82) is 0 Å². The van der Waals surface area contributed by atoms with E-state index in [4.69, 9.17) is 5.73 Å². The number of aromatic nitrogens is 1. The van der Waals surface area contributed by atoms with Crippen LogP contribution in [0.25, 0.3) is 11.3 Å². The van der Waals surface area contributed by atoms with Gasteiger partial charge >= 0.3 is 0 Å². The lowest BCUT2D eigenvalue weighted by atomic mass is 10.2. The molecular formula is C21H16BrN5O2S2. The monoisotopic (exact) mass is 513 g/mol. The molecule has 0 saturated heterocycles. The molecule has 156 valence electrons. The lowest BCUT2D eigenvalue weighted by Crippen LogP contribution is -2.12. The number of rotatable bonds is 6. The van der Waals surface area contributed by atoms with Gasteiger partial charge in [0.2, 0.25) is 0 Å². The molecule has 4 aromatic rings. The zero-order chi connectivity index (χ0) is 21.8. The maximum absolute atomic E-state index is 12.7. The van der Waals surface area contributed by atoms with Crippen LogP contribution in [0.3, 0.4) is 0 Å². The summed E-state index contributed by atoms with van der Waals surface area (Å²) < 4.78 is 28.9. The maximum Gasteiger partial charge on any atom is 0.261 e. The summed E-state index contributed by atoms with van der Waals surface area (Å²) in [6.07, 6.45) is 0. The second-order valence-electron chi connectivity index (χ2n) is 6.38. The fourth-order valence-electron chi connectivity index (χ4n) is 2.73. The highest BCUT2D eigenvalue weighted by Crippen LogP contribution is 2.37. The zero-order valence-corrected chi connectivity index (χ0v) is 19.2. The van der Waals surface area contributed by atoms with Crippen molar-refractivity contribution >= 4 is 58.8 Å². The van der Waals surface area contributed by atoms with Crippen molar-refractivity contribution in [2.24, 2.45) is 10.2 Å². The molecule has 3 aromatic carbocycles. The zero-order valence-electron chi connectivity index (χ0n) is 15.9. The van der Waals surface area contributed by atoms with Gasteiger partial charge in [0.05, 0.1) is 10.6 Å². The average Bonchev–Trinajstić information content (AvgIpc) is 3.15. The summed E-state index contributed by atoms with van der Waals surface area (Å²) in [6, 6.07) is 22.6. The number of hydrogen-bond acceptors (Lipinski definition) is 7. The van der Waals surface area contributed by atoms with Crippen molar-refractivity contribution in [3.05, 3.63) is 83.3 Å². The van der Waals surface area contributed by atoms with E-state index in [9.17, 15) is 8.42 Å². The number of azo groups is 1. The second kappa shape index (κ2) is 8.96.